The monoisotopic (exact) mass is 1690 g/mol. The Morgan fingerprint density at radius 3 is 1.23 bits per heavy atom. The standard InChI is InChI=1S/C27H26N4O2.C27H29N3O3.C26H29N5O2.C20H25N5O2/c1-16-12-17(2)30-26(32)23(16)15-29-27(33)25-19(4)31(24-11-6-5-10-22(24)25)18(3)21-9-7-8-20(13-21)14-28;1-16-14-17(2)29-26(31)22(16)15-28-27(32)25-19(4)30(23-12-8-6-11-21(23)25)18(3)20-10-7-9-13-24(20)33-5;1-6-17(4)31-18(5)22(26(33)28-13-20-15(2)12-16(3)29-25(20)32)21-14-27-23(30-24(21)31)19-10-8-7-9-11-19;1-6-13(4)25-14(5)17(16-8-21-10-23-18(16)25)20(27)22-9-15-11(2)7-12(3)24-19(15)26/h5-13,18H,15H2,1-4H3,(H,29,33)(H,30,32);6-14,18H,15H2,1-5H3,(H,28,32)(H,29,31);7-12,14,17H,6,13H2,1-5H3,(H,28,33)(H,29,32);7-8,10,13H,6,9H2,1-5H3,(H,22,27)(H,24,26)/t;;17-;13-/m..11/s1. The number of para-hydroxylation sites is 3. The van der Waals surface area contributed by atoms with Gasteiger partial charge < -0.3 is 64.2 Å². The number of benzene rings is 5. The van der Waals surface area contributed by atoms with Gasteiger partial charge in [-0.25, -0.2) is 19.9 Å². The third-order valence-electron chi connectivity index (χ3n) is 23.8. The molecule has 0 aliphatic carbocycles. The van der Waals surface area contributed by atoms with Crippen molar-refractivity contribution in [1.29, 1.82) is 5.26 Å². The molecular formula is C100H109N17O9. The minimum atomic E-state index is -0.241. The van der Waals surface area contributed by atoms with Crippen LogP contribution in [0.2, 0.25) is 0 Å². The predicted octanol–water partition coefficient (Wildman–Crippen LogP) is 17.0. The number of amides is 4. The van der Waals surface area contributed by atoms with E-state index in [1.807, 2.05) is 229 Å². The molecule has 0 spiro atoms. The summed E-state index contributed by atoms with van der Waals surface area (Å²) in [5, 5.41) is 24.2. The lowest BCUT2D eigenvalue weighted by molar-refractivity contribution is 0.0943. The maximum atomic E-state index is 13.4. The number of nitriles is 1. The minimum absolute atomic E-state index is 0.0465. The molecular weight excluding hydrogens is 1580 g/mol. The Kier molecular flexibility index (Phi) is 28.2. The summed E-state index contributed by atoms with van der Waals surface area (Å²) < 4.78 is 14.1. The van der Waals surface area contributed by atoms with Gasteiger partial charge in [-0.3, -0.25) is 38.4 Å². The number of carbonyl (C=O) groups is 4. The van der Waals surface area contributed by atoms with Crippen LogP contribution in [0, 0.1) is 94.4 Å². The van der Waals surface area contributed by atoms with Crippen molar-refractivity contribution in [2.24, 2.45) is 0 Å². The van der Waals surface area contributed by atoms with Crippen molar-refractivity contribution < 1.29 is 23.9 Å². The number of nitrogens with one attached hydrogen (secondary N) is 8. The summed E-state index contributed by atoms with van der Waals surface area (Å²) in [4.78, 5) is 131. The van der Waals surface area contributed by atoms with E-state index in [9.17, 15) is 43.6 Å². The molecule has 0 bridgehead atoms. The number of pyridine rings is 4. The molecule has 0 aliphatic rings. The minimum Gasteiger partial charge on any atom is -0.496 e. The van der Waals surface area contributed by atoms with Gasteiger partial charge in [0.15, 0.2) is 5.82 Å². The third kappa shape index (κ3) is 19.0. The maximum Gasteiger partial charge on any atom is 0.254 e. The number of nitrogens with zero attached hydrogens (tertiary/aromatic N) is 9. The van der Waals surface area contributed by atoms with Crippen molar-refractivity contribution in [2.45, 2.75) is 188 Å². The lowest BCUT2D eigenvalue weighted by Gasteiger charge is -2.20. The molecule has 15 aromatic rings. The molecule has 26 heteroatoms. The van der Waals surface area contributed by atoms with Gasteiger partial charge in [-0.15, -0.1) is 0 Å². The van der Waals surface area contributed by atoms with E-state index in [1.54, 1.807) is 25.6 Å². The van der Waals surface area contributed by atoms with Crippen LogP contribution >= 0.6 is 0 Å². The highest BCUT2D eigenvalue weighted by atomic mass is 16.5. The Labute approximate surface area is 731 Å². The van der Waals surface area contributed by atoms with E-state index in [1.165, 1.54) is 6.33 Å². The van der Waals surface area contributed by atoms with Crippen LogP contribution in [0.4, 0.5) is 0 Å². The molecule has 0 radical (unpaired) electrons. The van der Waals surface area contributed by atoms with Gasteiger partial charge in [-0.05, 0) is 206 Å². The van der Waals surface area contributed by atoms with Gasteiger partial charge in [-0.1, -0.05) is 111 Å². The summed E-state index contributed by atoms with van der Waals surface area (Å²) in [6.07, 6.45) is 6.72. The number of hydrogen-bond donors (Lipinski definition) is 8. The molecule has 0 fully saturated rings. The number of ether oxygens (including phenoxy) is 1. The van der Waals surface area contributed by atoms with Crippen LogP contribution in [0.3, 0.4) is 0 Å². The lowest BCUT2D eigenvalue weighted by atomic mass is 10.1. The number of fused-ring (bicyclic) bond motifs is 4. The Morgan fingerprint density at radius 2 is 0.810 bits per heavy atom. The first-order valence-corrected chi connectivity index (χ1v) is 42.3. The Bertz CT molecular complexity index is 6970. The summed E-state index contributed by atoms with van der Waals surface area (Å²) in [6, 6.07) is 51.0. The summed E-state index contributed by atoms with van der Waals surface area (Å²) in [7, 11) is 1.67. The second kappa shape index (κ2) is 39.3. The maximum absolute atomic E-state index is 13.4. The van der Waals surface area contributed by atoms with Gasteiger partial charge in [0.25, 0.3) is 45.9 Å². The van der Waals surface area contributed by atoms with E-state index in [-0.39, 0.29) is 96.2 Å². The van der Waals surface area contributed by atoms with Gasteiger partial charge in [0.1, 0.15) is 23.4 Å². The molecule has 26 nitrogen and oxygen atoms in total. The van der Waals surface area contributed by atoms with Crippen molar-refractivity contribution in [3.63, 3.8) is 0 Å². The van der Waals surface area contributed by atoms with Gasteiger partial charge in [0.2, 0.25) is 0 Å². The number of aromatic amines is 4. The smallest absolute Gasteiger partial charge is 0.254 e. The fourth-order valence-electron chi connectivity index (χ4n) is 17.1. The van der Waals surface area contributed by atoms with Crippen molar-refractivity contribution in [1.82, 2.24) is 79.4 Å². The van der Waals surface area contributed by atoms with Gasteiger partial charge in [0, 0.05) is 151 Å². The lowest BCUT2D eigenvalue weighted by Crippen LogP contribution is -2.28. The van der Waals surface area contributed by atoms with Crippen LogP contribution in [0.5, 0.6) is 5.75 Å². The van der Waals surface area contributed by atoms with Crippen LogP contribution in [-0.2, 0) is 26.2 Å². The molecule has 4 atom stereocenters. The average molecular weight is 1690 g/mol. The largest absolute Gasteiger partial charge is 0.496 e. The summed E-state index contributed by atoms with van der Waals surface area (Å²) >= 11 is 0. The van der Waals surface area contributed by atoms with E-state index in [0.717, 1.165) is 142 Å². The van der Waals surface area contributed by atoms with Crippen molar-refractivity contribution in [3.05, 3.63) is 341 Å². The molecule has 4 amide bonds. The van der Waals surface area contributed by atoms with Crippen molar-refractivity contribution in [3.8, 4) is 23.2 Å². The van der Waals surface area contributed by atoms with E-state index in [2.05, 4.69) is 122 Å². The zero-order valence-corrected chi connectivity index (χ0v) is 74.9. The highest BCUT2D eigenvalue weighted by Crippen LogP contribution is 2.38. The molecule has 5 aromatic carbocycles. The summed E-state index contributed by atoms with van der Waals surface area (Å²) in [5.74, 6) is 0.541. The number of aryl methyl sites for hydroxylation is 8. The predicted molar refractivity (Wildman–Crippen MR) is 496 cm³/mol. The SMILES string of the molecule is CC[C@@H](C)n1c(C)c(C(=O)NCc2c(C)cc(C)[nH]c2=O)c2cnc(-c3ccccc3)nc21.CC[C@@H](C)n1c(C)c(C(=O)NCc2c(C)cc(C)[nH]c2=O)c2cncnc21.COc1ccccc1C(C)n1c(C)c(C(=O)NCc2c(C)cc(C)[nH]c2=O)c2ccccc21.Cc1cc(C)c(CNC(=O)c2c(C)n(C(C)c3cccc(C#N)c3)c3ccccc23)c(=O)[nH]1. The first kappa shape index (κ1) is 90.6. The number of aromatic nitrogens is 12. The molecule has 126 heavy (non-hydrogen) atoms. The van der Waals surface area contributed by atoms with Gasteiger partial charge >= 0.3 is 0 Å². The quantitative estimate of drug-likeness (QED) is 0.0313. The van der Waals surface area contributed by atoms with Gasteiger partial charge in [-0.2, -0.15) is 5.26 Å². The van der Waals surface area contributed by atoms with E-state index >= 15 is 0 Å². The molecule has 0 saturated heterocycles. The molecule has 2 unspecified atom stereocenters. The highest BCUT2D eigenvalue weighted by molar-refractivity contribution is 6.11. The molecule has 8 N–H and O–H groups in total. The number of H-pyrrole nitrogens is 4. The topological polar surface area (TPSA) is 352 Å². The van der Waals surface area contributed by atoms with Crippen LogP contribution in [0.15, 0.2) is 190 Å². The van der Waals surface area contributed by atoms with Crippen LogP contribution in [-0.4, -0.2) is 88.9 Å². The number of rotatable bonds is 22. The first-order valence-electron chi connectivity index (χ1n) is 42.3. The van der Waals surface area contributed by atoms with E-state index < -0.39 is 0 Å². The van der Waals surface area contributed by atoms with Crippen LogP contribution in [0.1, 0.15) is 227 Å². The Morgan fingerprint density at radius 1 is 0.429 bits per heavy atom. The fraction of sp³-hybridized carbons (Fsp3) is 0.290. The van der Waals surface area contributed by atoms with Gasteiger partial charge in [0.05, 0.1) is 63.9 Å². The highest BCUT2D eigenvalue weighted by Gasteiger charge is 2.30. The van der Waals surface area contributed by atoms with E-state index in [4.69, 9.17) is 9.72 Å². The molecule has 15 rings (SSSR count). The van der Waals surface area contributed by atoms with Crippen LogP contribution < -0.4 is 48.2 Å². The molecule has 10 aromatic heterocycles. The first-order chi connectivity index (χ1) is 60.3. The summed E-state index contributed by atoms with van der Waals surface area (Å²) in [5.41, 5.74) is 20.8. The van der Waals surface area contributed by atoms with Crippen molar-refractivity contribution in [2.75, 3.05) is 7.11 Å². The number of methoxy groups -OCH3 is 1. The van der Waals surface area contributed by atoms with Crippen LogP contribution in [0.25, 0.3) is 55.3 Å². The Hall–Kier alpha value is -14.6. The molecule has 0 aliphatic heterocycles. The normalized spacial score (nSPS) is 12.1. The number of hydrogen-bond acceptors (Lipinski definition) is 14. The summed E-state index contributed by atoms with van der Waals surface area (Å²) in [6.45, 7) is 35.9. The second-order valence-electron chi connectivity index (χ2n) is 32.3. The fourth-order valence-corrected chi connectivity index (χ4v) is 17.1. The second-order valence-corrected chi connectivity index (χ2v) is 32.3. The Balaban J connectivity index is 0.000000153. The molecule has 0 saturated carbocycles. The van der Waals surface area contributed by atoms with Crippen molar-refractivity contribution >= 4 is 67.5 Å². The third-order valence-corrected chi connectivity index (χ3v) is 23.8. The zero-order chi connectivity index (χ0) is 90.8. The van der Waals surface area contributed by atoms with E-state index in [0.29, 0.717) is 61.3 Å². The average Bonchev–Trinajstić information content (AvgIpc) is 1.56. The molecule has 648 valence electrons. The molecule has 10 heterocycles. The zero-order valence-electron chi connectivity index (χ0n) is 74.9. The number of carbonyl (C=O) groups excluding carboxylic acids is 4.